The van der Waals surface area contributed by atoms with Crippen LogP contribution in [0.5, 0.6) is 11.5 Å². The number of nitrogens with one attached hydrogen (secondary N) is 1. The number of ether oxygens (including phenoxy) is 1. The molecule has 0 aromatic heterocycles. The van der Waals surface area contributed by atoms with Crippen LogP contribution in [-0.4, -0.2) is 15.0 Å². The highest BCUT2D eigenvalue weighted by Crippen LogP contribution is 2.22. The van der Waals surface area contributed by atoms with E-state index in [1.807, 2.05) is 30.3 Å². The highest BCUT2D eigenvalue weighted by Gasteiger charge is 2.12. The average Bonchev–Trinajstić information content (AvgIpc) is 2.47. The molecule has 0 saturated heterocycles. The van der Waals surface area contributed by atoms with E-state index in [-0.39, 0.29) is 11.4 Å². The van der Waals surface area contributed by atoms with Crippen molar-refractivity contribution >= 4 is 10.0 Å². The van der Waals surface area contributed by atoms with Gasteiger partial charge in [-0.15, -0.1) is 6.42 Å². The van der Waals surface area contributed by atoms with E-state index in [1.54, 1.807) is 12.1 Å². The van der Waals surface area contributed by atoms with Gasteiger partial charge in [-0.1, -0.05) is 24.1 Å². The number of para-hydroxylation sites is 1. The summed E-state index contributed by atoms with van der Waals surface area (Å²) in [5.74, 6) is 3.47. The van der Waals surface area contributed by atoms with E-state index in [0.717, 1.165) is 0 Å². The monoisotopic (exact) mass is 287 g/mol. The topological polar surface area (TPSA) is 55.4 Å². The fraction of sp³-hybridized carbons (Fsp3) is 0.0667. The molecule has 2 aromatic rings. The van der Waals surface area contributed by atoms with Crippen molar-refractivity contribution in [2.24, 2.45) is 0 Å². The van der Waals surface area contributed by atoms with Crippen LogP contribution in [0.2, 0.25) is 0 Å². The van der Waals surface area contributed by atoms with Gasteiger partial charge in [-0.25, -0.2) is 8.42 Å². The second-order valence-corrected chi connectivity index (χ2v) is 5.68. The number of hydrogen-bond acceptors (Lipinski definition) is 3. The summed E-state index contributed by atoms with van der Waals surface area (Å²) in [4.78, 5) is 0.146. The Morgan fingerprint density at radius 2 is 1.60 bits per heavy atom. The first-order valence-electron chi connectivity index (χ1n) is 5.88. The maximum Gasteiger partial charge on any atom is 0.241 e. The molecule has 5 heteroatoms. The minimum atomic E-state index is -3.56. The van der Waals surface area contributed by atoms with Crippen LogP contribution in [-0.2, 0) is 10.0 Å². The highest BCUT2D eigenvalue weighted by molar-refractivity contribution is 7.89. The number of sulfonamides is 1. The van der Waals surface area contributed by atoms with Gasteiger partial charge < -0.3 is 4.74 Å². The first-order chi connectivity index (χ1) is 9.62. The normalized spacial score (nSPS) is 10.8. The second kappa shape index (κ2) is 6.24. The van der Waals surface area contributed by atoms with Gasteiger partial charge in [0.25, 0.3) is 0 Å². The summed E-state index contributed by atoms with van der Waals surface area (Å²) in [6, 6.07) is 15.4. The lowest BCUT2D eigenvalue weighted by atomic mass is 10.3. The van der Waals surface area contributed by atoms with Crippen LogP contribution in [0.4, 0.5) is 0 Å². The largest absolute Gasteiger partial charge is 0.457 e. The van der Waals surface area contributed by atoms with Crippen LogP contribution in [0.3, 0.4) is 0 Å². The molecule has 102 valence electrons. The van der Waals surface area contributed by atoms with Crippen molar-refractivity contribution in [3.63, 3.8) is 0 Å². The summed E-state index contributed by atoms with van der Waals surface area (Å²) in [6.45, 7) is -0.0371. The van der Waals surface area contributed by atoms with Crippen molar-refractivity contribution in [2.75, 3.05) is 6.54 Å². The Hall–Kier alpha value is -2.29. The van der Waals surface area contributed by atoms with Crippen molar-refractivity contribution in [3.8, 4) is 23.8 Å². The van der Waals surface area contributed by atoms with Crippen molar-refractivity contribution in [1.82, 2.24) is 4.72 Å². The first kappa shape index (κ1) is 14.1. The molecule has 4 nitrogen and oxygen atoms in total. The molecule has 0 spiro atoms. The fourth-order valence-corrected chi connectivity index (χ4v) is 2.47. The van der Waals surface area contributed by atoms with E-state index < -0.39 is 10.0 Å². The molecule has 0 atom stereocenters. The molecule has 0 radical (unpaired) electrons. The third kappa shape index (κ3) is 3.60. The van der Waals surface area contributed by atoms with Gasteiger partial charge >= 0.3 is 0 Å². The molecule has 20 heavy (non-hydrogen) atoms. The quantitative estimate of drug-likeness (QED) is 0.859. The molecule has 0 unspecified atom stereocenters. The molecular formula is C15H13NO3S. The zero-order valence-electron chi connectivity index (χ0n) is 10.6. The van der Waals surface area contributed by atoms with Crippen molar-refractivity contribution < 1.29 is 13.2 Å². The number of benzene rings is 2. The molecule has 2 aromatic carbocycles. The van der Waals surface area contributed by atoms with Crippen LogP contribution >= 0.6 is 0 Å². The van der Waals surface area contributed by atoms with Gasteiger partial charge in [0.1, 0.15) is 11.5 Å². The van der Waals surface area contributed by atoms with E-state index in [0.29, 0.717) is 11.5 Å². The zero-order valence-corrected chi connectivity index (χ0v) is 11.4. The number of terminal acetylenes is 1. The van der Waals surface area contributed by atoms with E-state index in [1.165, 1.54) is 12.1 Å². The molecule has 2 rings (SSSR count). The SMILES string of the molecule is C#CCNS(=O)(=O)c1ccc(Oc2ccccc2)cc1. The van der Waals surface area contributed by atoms with Crippen molar-refractivity contribution in [3.05, 3.63) is 54.6 Å². The van der Waals surface area contributed by atoms with Crippen molar-refractivity contribution in [1.29, 1.82) is 0 Å². The van der Waals surface area contributed by atoms with Crippen LogP contribution in [0.25, 0.3) is 0 Å². The van der Waals surface area contributed by atoms with Gasteiger partial charge in [-0.2, -0.15) is 4.72 Å². The number of rotatable bonds is 5. The van der Waals surface area contributed by atoms with Gasteiger partial charge in [-0.05, 0) is 36.4 Å². The van der Waals surface area contributed by atoms with E-state index in [2.05, 4.69) is 10.6 Å². The third-order valence-electron chi connectivity index (χ3n) is 2.48. The maximum atomic E-state index is 11.8. The lowest BCUT2D eigenvalue weighted by molar-refractivity contribution is 0.482. The van der Waals surface area contributed by atoms with Crippen LogP contribution < -0.4 is 9.46 Å². The van der Waals surface area contributed by atoms with Crippen LogP contribution in [0.15, 0.2) is 59.5 Å². The zero-order chi connectivity index (χ0) is 14.4. The Kier molecular flexibility index (Phi) is 4.41. The minimum Gasteiger partial charge on any atom is -0.457 e. The first-order valence-corrected chi connectivity index (χ1v) is 7.36. The molecule has 0 bridgehead atoms. The summed E-state index contributed by atoms with van der Waals surface area (Å²) in [6.07, 6.45) is 5.03. The van der Waals surface area contributed by atoms with E-state index in [9.17, 15) is 8.42 Å². The Balaban J connectivity index is 2.13. The van der Waals surface area contributed by atoms with Gasteiger partial charge in [0, 0.05) is 0 Å². The van der Waals surface area contributed by atoms with Gasteiger partial charge in [0.2, 0.25) is 10.0 Å². The molecule has 0 heterocycles. The molecule has 0 aliphatic heterocycles. The molecule has 0 amide bonds. The summed E-state index contributed by atoms with van der Waals surface area (Å²) in [5.41, 5.74) is 0. The van der Waals surface area contributed by atoms with E-state index >= 15 is 0 Å². The predicted molar refractivity (Wildman–Crippen MR) is 77.0 cm³/mol. The molecule has 0 saturated carbocycles. The lowest BCUT2D eigenvalue weighted by Crippen LogP contribution is -2.23. The lowest BCUT2D eigenvalue weighted by Gasteiger charge is -2.07. The Bertz CT molecular complexity index is 701. The van der Waals surface area contributed by atoms with Crippen LogP contribution in [0, 0.1) is 12.3 Å². The summed E-state index contributed by atoms with van der Waals surface area (Å²) >= 11 is 0. The average molecular weight is 287 g/mol. The maximum absolute atomic E-state index is 11.8. The highest BCUT2D eigenvalue weighted by atomic mass is 32.2. The molecule has 0 fully saturated rings. The minimum absolute atomic E-state index is 0.0371. The molecule has 0 aliphatic carbocycles. The van der Waals surface area contributed by atoms with Gasteiger partial charge in [0.05, 0.1) is 11.4 Å². The Morgan fingerprint density at radius 3 is 2.20 bits per heavy atom. The van der Waals surface area contributed by atoms with Crippen LogP contribution in [0.1, 0.15) is 0 Å². The predicted octanol–water partition coefficient (Wildman–Crippen LogP) is 2.39. The Labute approximate surface area is 118 Å². The van der Waals surface area contributed by atoms with Crippen molar-refractivity contribution in [2.45, 2.75) is 4.90 Å². The summed E-state index contributed by atoms with van der Waals surface area (Å²) in [7, 11) is -3.56. The van der Waals surface area contributed by atoms with Gasteiger partial charge in [0.15, 0.2) is 0 Å². The standard InChI is InChI=1S/C15H13NO3S/c1-2-12-16-20(17,18)15-10-8-14(9-11-15)19-13-6-4-3-5-7-13/h1,3-11,16H,12H2. The third-order valence-corrected chi connectivity index (χ3v) is 3.89. The number of hydrogen-bond donors (Lipinski definition) is 1. The summed E-state index contributed by atoms with van der Waals surface area (Å²) in [5, 5.41) is 0. The second-order valence-electron chi connectivity index (χ2n) is 3.92. The Morgan fingerprint density at radius 1 is 1.00 bits per heavy atom. The van der Waals surface area contributed by atoms with E-state index in [4.69, 9.17) is 11.2 Å². The molecule has 1 N–H and O–H groups in total. The fourth-order valence-electron chi connectivity index (χ4n) is 1.53. The summed E-state index contributed by atoms with van der Waals surface area (Å²) < 4.78 is 31.5. The van der Waals surface area contributed by atoms with Gasteiger partial charge in [-0.3, -0.25) is 0 Å². The molecular weight excluding hydrogens is 274 g/mol. The smallest absolute Gasteiger partial charge is 0.241 e. The molecule has 0 aliphatic rings.